The van der Waals surface area contributed by atoms with Gasteiger partial charge in [0.1, 0.15) is 5.76 Å². The van der Waals surface area contributed by atoms with Crippen LogP contribution in [-0.4, -0.2) is 40.7 Å². The van der Waals surface area contributed by atoms with Crippen molar-refractivity contribution in [2.75, 3.05) is 19.0 Å². The number of carbonyl (C=O) groups is 2. The summed E-state index contributed by atoms with van der Waals surface area (Å²) in [6.07, 6.45) is 2.30. The van der Waals surface area contributed by atoms with Crippen molar-refractivity contribution in [1.29, 1.82) is 0 Å². The summed E-state index contributed by atoms with van der Waals surface area (Å²) in [6, 6.07) is 1.76. The highest BCUT2D eigenvalue weighted by Crippen LogP contribution is 2.40. The van der Waals surface area contributed by atoms with E-state index in [1.807, 2.05) is 0 Å². The second-order valence-electron chi connectivity index (χ2n) is 5.87. The quantitative estimate of drug-likeness (QED) is 0.914. The van der Waals surface area contributed by atoms with Gasteiger partial charge in [0.25, 0.3) is 5.91 Å². The normalized spacial score (nSPS) is 16.6. The first-order valence-corrected chi connectivity index (χ1v) is 8.55. The Morgan fingerprint density at radius 1 is 1.46 bits per heavy atom. The lowest BCUT2D eigenvalue weighted by Gasteiger charge is -2.25. The van der Waals surface area contributed by atoms with E-state index in [0.29, 0.717) is 36.3 Å². The van der Waals surface area contributed by atoms with Crippen LogP contribution in [0.5, 0.6) is 0 Å². The second-order valence-corrected chi connectivity index (χ2v) is 6.95. The number of ether oxygens (including phenoxy) is 1. The molecule has 0 unspecified atom stereocenters. The Bertz CT molecular complexity index is 795. The minimum absolute atomic E-state index is 0.132. The van der Waals surface area contributed by atoms with Crippen LogP contribution in [0.2, 0.25) is 0 Å². The van der Waals surface area contributed by atoms with Gasteiger partial charge in [0.05, 0.1) is 19.3 Å². The topological polar surface area (TPSA) is 97.6 Å². The minimum Gasteiger partial charge on any atom is -0.453 e. The Morgan fingerprint density at radius 3 is 3.04 bits per heavy atom. The molecule has 2 aromatic heterocycles. The maximum absolute atomic E-state index is 12.6. The molecule has 0 saturated heterocycles. The van der Waals surface area contributed by atoms with Crippen molar-refractivity contribution >= 4 is 28.5 Å². The molecule has 3 heterocycles. The maximum atomic E-state index is 12.6. The number of aromatic nitrogens is 2. The van der Waals surface area contributed by atoms with Crippen LogP contribution >= 0.6 is 11.3 Å². The highest BCUT2D eigenvalue weighted by Gasteiger charge is 2.31. The number of nitrogens with one attached hydrogen (secondary N) is 1. The molecule has 1 aliphatic carbocycles. The van der Waals surface area contributed by atoms with E-state index in [9.17, 15) is 9.59 Å². The zero-order chi connectivity index (χ0) is 16.7. The van der Waals surface area contributed by atoms with Crippen LogP contribution in [-0.2, 0) is 17.7 Å². The van der Waals surface area contributed by atoms with Crippen molar-refractivity contribution in [1.82, 2.24) is 15.0 Å². The number of fused-ring (bicyclic) bond motifs is 1. The molecule has 0 bridgehead atoms. The summed E-state index contributed by atoms with van der Waals surface area (Å²) in [6.45, 7) is 1.03. The van der Waals surface area contributed by atoms with E-state index in [1.165, 1.54) is 18.4 Å². The van der Waals surface area contributed by atoms with Crippen molar-refractivity contribution < 1.29 is 18.8 Å². The number of methoxy groups -OCH3 is 1. The third-order valence-electron chi connectivity index (χ3n) is 4.14. The van der Waals surface area contributed by atoms with Crippen molar-refractivity contribution in [2.45, 2.75) is 31.7 Å². The number of hydrogen-bond donors (Lipinski definition) is 1. The molecule has 9 heteroatoms. The van der Waals surface area contributed by atoms with E-state index >= 15 is 0 Å². The SMILES string of the molecule is COC(=O)Nc1nc2c(s1)CN(C(=O)c1cc(C3CC3)on1)CC2. The third kappa shape index (κ3) is 2.86. The van der Waals surface area contributed by atoms with Crippen molar-refractivity contribution in [3.8, 4) is 0 Å². The maximum Gasteiger partial charge on any atom is 0.413 e. The first kappa shape index (κ1) is 15.1. The average Bonchev–Trinajstić information content (AvgIpc) is 3.18. The molecule has 126 valence electrons. The largest absolute Gasteiger partial charge is 0.453 e. The van der Waals surface area contributed by atoms with Crippen LogP contribution in [0.1, 0.15) is 45.6 Å². The molecule has 8 nitrogen and oxygen atoms in total. The van der Waals surface area contributed by atoms with Crippen LogP contribution in [0, 0.1) is 0 Å². The molecule has 0 aromatic carbocycles. The number of thiazole rings is 1. The van der Waals surface area contributed by atoms with Crippen LogP contribution in [0.15, 0.2) is 10.6 Å². The van der Waals surface area contributed by atoms with Crippen LogP contribution in [0.25, 0.3) is 0 Å². The van der Waals surface area contributed by atoms with E-state index in [-0.39, 0.29) is 5.91 Å². The number of anilines is 1. The Labute approximate surface area is 141 Å². The summed E-state index contributed by atoms with van der Waals surface area (Å²) in [5, 5.41) is 6.96. The third-order valence-corrected chi connectivity index (χ3v) is 5.14. The predicted molar refractivity (Wildman–Crippen MR) is 85.1 cm³/mol. The van der Waals surface area contributed by atoms with E-state index < -0.39 is 6.09 Å². The molecule has 2 aliphatic rings. The smallest absolute Gasteiger partial charge is 0.413 e. The molecule has 0 radical (unpaired) electrons. The van der Waals surface area contributed by atoms with Gasteiger partial charge in [0.2, 0.25) is 0 Å². The molecule has 1 saturated carbocycles. The Hall–Kier alpha value is -2.42. The first-order valence-electron chi connectivity index (χ1n) is 7.73. The molecule has 2 aromatic rings. The minimum atomic E-state index is -0.552. The fourth-order valence-electron chi connectivity index (χ4n) is 2.67. The number of nitrogens with zero attached hydrogens (tertiary/aromatic N) is 3. The highest BCUT2D eigenvalue weighted by molar-refractivity contribution is 7.15. The number of amides is 2. The zero-order valence-electron chi connectivity index (χ0n) is 13.1. The Balaban J connectivity index is 1.46. The standard InChI is InChI=1S/C15H16N4O4S/c1-22-15(21)17-14-16-9-4-5-19(7-12(9)24-14)13(20)10-6-11(23-18-10)8-2-3-8/h6,8H,2-5,7H2,1H3,(H,16,17,21). The molecule has 0 spiro atoms. The van der Waals surface area contributed by atoms with Gasteiger partial charge in [-0.1, -0.05) is 16.5 Å². The van der Waals surface area contributed by atoms with Gasteiger partial charge in [-0.25, -0.2) is 9.78 Å². The van der Waals surface area contributed by atoms with Gasteiger partial charge in [-0.05, 0) is 12.8 Å². The summed E-state index contributed by atoms with van der Waals surface area (Å²) < 4.78 is 9.83. The summed E-state index contributed by atoms with van der Waals surface area (Å²) in [5.74, 6) is 1.10. The molecule has 2 amide bonds. The molecule has 0 atom stereocenters. The summed E-state index contributed by atoms with van der Waals surface area (Å²) in [4.78, 5) is 30.9. The van der Waals surface area contributed by atoms with Gasteiger partial charge in [0, 0.05) is 29.8 Å². The summed E-state index contributed by atoms with van der Waals surface area (Å²) in [5.41, 5.74) is 1.27. The summed E-state index contributed by atoms with van der Waals surface area (Å²) >= 11 is 1.35. The van der Waals surface area contributed by atoms with E-state index in [4.69, 9.17) is 4.52 Å². The Morgan fingerprint density at radius 2 is 2.29 bits per heavy atom. The van der Waals surface area contributed by atoms with Gasteiger partial charge in [-0.3, -0.25) is 10.1 Å². The molecule has 1 N–H and O–H groups in total. The molecule has 4 rings (SSSR count). The predicted octanol–water partition coefficient (Wildman–Crippen LogP) is 2.39. The van der Waals surface area contributed by atoms with Gasteiger partial charge < -0.3 is 14.2 Å². The summed E-state index contributed by atoms with van der Waals surface area (Å²) in [7, 11) is 1.30. The van der Waals surface area contributed by atoms with Gasteiger partial charge in [-0.15, -0.1) is 0 Å². The van der Waals surface area contributed by atoms with E-state index in [1.54, 1.807) is 11.0 Å². The molecular weight excluding hydrogens is 332 g/mol. The van der Waals surface area contributed by atoms with E-state index in [0.717, 1.165) is 29.2 Å². The lowest BCUT2D eigenvalue weighted by molar-refractivity contribution is 0.0725. The average molecular weight is 348 g/mol. The van der Waals surface area contributed by atoms with Crippen molar-refractivity contribution in [3.05, 3.63) is 28.1 Å². The number of rotatable bonds is 3. The lowest BCUT2D eigenvalue weighted by atomic mass is 10.1. The van der Waals surface area contributed by atoms with Gasteiger partial charge >= 0.3 is 6.09 Å². The van der Waals surface area contributed by atoms with E-state index in [2.05, 4.69) is 20.2 Å². The van der Waals surface area contributed by atoms with Gasteiger partial charge in [-0.2, -0.15) is 0 Å². The fraction of sp³-hybridized carbons (Fsp3) is 0.467. The van der Waals surface area contributed by atoms with Crippen LogP contribution in [0.3, 0.4) is 0 Å². The zero-order valence-corrected chi connectivity index (χ0v) is 13.9. The molecule has 24 heavy (non-hydrogen) atoms. The molecule has 1 fully saturated rings. The first-order chi connectivity index (χ1) is 11.6. The molecular formula is C15H16N4O4S. The number of hydrogen-bond acceptors (Lipinski definition) is 7. The Kier molecular flexibility index (Phi) is 3.72. The lowest BCUT2D eigenvalue weighted by Crippen LogP contribution is -2.35. The van der Waals surface area contributed by atoms with Crippen LogP contribution in [0.4, 0.5) is 9.93 Å². The van der Waals surface area contributed by atoms with Crippen molar-refractivity contribution in [2.24, 2.45) is 0 Å². The second kappa shape index (κ2) is 5.90. The highest BCUT2D eigenvalue weighted by atomic mass is 32.1. The molecule has 1 aliphatic heterocycles. The van der Waals surface area contributed by atoms with Crippen LogP contribution < -0.4 is 5.32 Å². The van der Waals surface area contributed by atoms with Gasteiger partial charge in [0.15, 0.2) is 10.8 Å². The van der Waals surface area contributed by atoms with Crippen molar-refractivity contribution in [3.63, 3.8) is 0 Å². The fourth-order valence-corrected chi connectivity index (χ4v) is 3.68. The number of carbonyl (C=O) groups excluding carboxylic acids is 2. The monoisotopic (exact) mass is 348 g/mol.